The molecule has 0 radical (unpaired) electrons. The van der Waals surface area contributed by atoms with Crippen LogP contribution in [-0.2, 0) is 6.18 Å². The van der Waals surface area contributed by atoms with Crippen molar-refractivity contribution in [2.75, 3.05) is 14.2 Å². The van der Waals surface area contributed by atoms with Gasteiger partial charge in [0.05, 0.1) is 26.0 Å². The van der Waals surface area contributed by atoms with Crippen LogP contribution >= 0.6 is 0 Å². The molecule has 0 fully saturated rings. The Labute approximate surface area is 175 Å². The minimum absolute atomic E-state index is 0.00488. The monoisotopic (exact) mass is 430 g/mol. The van der Waals surface area contributed by atoms with Gasteiger partial charge in [-0.2, -0.15) is 18.3 Å². The molecular weight excluding hydrogens is 413 g/mol. The van der Waals surface area contributed by atoms with Gasteiger partial charge in [-0.15, -0.1) is 0 Å². The van der Waals surface area contributed by atoms with Crippen LogP contribution in [0.3, 0.4) is 0 Å². The van der Waals surface area contributed by atoms with Crippen molar-refractivity contribution in [3.63, 3.8) is 0 Å². The highest BCUT2D eigenvalue weighted by molar-refractivity contribution is 5.93. The number of carbonyl (C=O) groups excluding carboxylic acids is 1. The Kier molecular flexibility index (Phi) is 6.49. The molecule has 10 heteroatoms. The average molecular weight is 430 g/mol. The van der Waals surface area contributed by atoms with Gasteiger partial charge < -0.3 is 9.47 Å². The Morgan fingerprint density at radius 2 is 1.68 bits per heavy atom. The summed E-state index contributed by atoms with van der Waals surface area (Å²) in [5, 5.41) is 3.89. The molecule has 0 aliphatic carbocycles. The van der Waals surface area contributed by atoms with Gasteiger partial charge in [0.1, 0.15) is 17.2 Å². The number of carbonyl (C=O) groups is 1. The van der Waals surface area contributed by atoms with Crippen molar-refractivity contribution in [3.05, 3.63) is 71.5 Å². The second-order valence-electron chi connectivity index (χ2n) is 6.19. The minimum Gasteiger partial charge on any atom is -0.497 e. The van der Waals surface area contributed by atoms with Gasteiger partial charge in [-0.1, -0.05) is 12.1 Å². The number of aromatic nitrogens is 2. The number of hydrazone groups is 1. The number of ether oxygens (including phenoxy) is 2. The van der Waals surface area contributed by atoms with E-state index in [4.69, 9.17) is 9.47 Å². The van der Waals surface area contributed by atoms with Crippen LogP contribution in [0.15, 0.2) is 59.8 Å². The average Bonchev–Trinajstić information content (AvgIpc) is 2.78. The number of halogens is 3. The zero-order valence-corrected chi connectivity index (χ0v) is 16.5. The molecule has 0 spiro atoms. The highest BCUT2D eigenvalue weighted by atomic mass is 19.4. The van der Waals surface area contributed by atoms with Crippen molar-refractivity contribution in [1.82, 2.24) is 15.4 Å². The Hall–Kier alpha value is -3.95. The maximum absolute atomic E-state index is 12.7. The zero-order chi connectivity index (χ0) is 22.4. The van der Waals surface area contributed by atoms with Crippen LogP contribution < -0.4 is 14.9 Å². The topological polar surface area (TPSA) is 85.7 Å². The molecule has 0 aliphatic rings. The summed E-state index contributed by atoms with van der Waals surface area (Å²) in [6.07, 6.45) is -1.70. The molecule has 1 aromatic heterocycles. The van der Waals surface area contributed by atoms with Gasteiger partial charge in [-0.05, 0) is 30.3 Å². The fraction of sp³-hybridized carbons (Fsp3) is 0.143. The minimum atomic E-state index is -4.44. The first-order chi connectivity index (χ1) is 14.8. The van der Waals surface area contributed by atoms with E-state index in [-0.39, 0.29) is 11.5 Å². The van der Waals surface area contributed by atoms with Crippen molar-refractivity contribution in [3.8, 4) is 22.9 Å². The lowest BCUT2D eigenvalue weighted by Gasteiger charge is -2.07. The smallest absolute Gasteiger partial charge is 0.416 e. The van der Waals surface area contributed by atoms with Gasteiger partial charge in [0.15, 0.2) is 5.82 Å². The quantitative estimate of drug-likeness (QED) is 0.473. The Balaban J connectivity index is 1.73. The van der Waals surface area contributed by atoms with E-state index in [1.807, 2.05) is 0 Å². The third-order valence-corrected chi connectivity index (χ3v) is 4.11. The molecule has 31 heavy (non-hydrogen) atoms. The molecule has 3 aromatic rings. The number of alkyl halides is 3. The molecule has 0 saturated carbocycles. The number of nitrogens with one attached hydrogen (secondary N) is 1. The molecule has 1 amide bonds. The zero-order valence-electron chi connectivity index (χ0n) is 16.5. The standard InChI is InChI=1S/C21H17F3N4O3/c1-30-16-9-13(10-17(11-16)31-2)12-26-28-20(29)18-7-8-25-19(27-18)14-3-5-15(6-4-14)21(22,23)24/h3-12H,1-2H3,(H,28,29)/b26-12+. The summed E-state index contributed by atoms with van der Waals surface area (Å²) in [5.74, 6) is 0.623. The summed E-state index contributed by atoms with van der Waals surface area (Å²) in [5.41, 5.74) is 2.53. The fourth-order valence-corrected chi connectivity index (χ4v) is 2.56. The summed E-state index contributed by atoms with van der Waals surface area (Å²) in [7, 11) is 3.03. The van der Waals surface area contributed by atoms with Crippen LogP contribution in [0.25, 0.3) is 11.4 Å². The van der Waals surface area contributed by atoms with Crippen LogP contribution in [0.5, 0.6) is 11.5 Å². The Morgan fingerprint density at radius 1 is 1.03 bits per heavy atom. The summed E-state index contributed by atoms with van der Waals surface area (Å²) in [6, 6.07) is 10.8. The van der Waals surface area contributed by atoms with E-state index in [9.17, 15) is 18.0 Å². The van der Waals surface area contributed by atoms with Crippen molar-refractivity contribution in [1.29, 1.82) is 0 Å². The number of methoxy groups -OCH3 is 2. The highest BCUT2D eigenvalue weighted by Gasteiger charge is 2.30. The van der Waals surface area contributed by atoms with E-state index in [0.717, 1.165) is 12.1 Å². The van der Waals surface area contributed by atoms with Crippen LogP contribution in [0.4, 0.5) is 13.2 Å². The molecule has 0 bridgehead atoms. The SMILES string of the molecule is COc1cc(/C=N/NC(=O)c2ccnc(-c3ccc(C(F)(F)F)cc3)n2)cc(OC)c1. The lowest BCUT2D eigenvalue weighted by atomic mass is 10.1. The summed E-state index contributed by atoms with van der Waals surface area (Å²) in [4.78, 5) is 20.4. The third-order valence-electron chi connectivity index (χ3n) is 4.11. The van der Waals surface area contributed by atoms with E-state index < -0.39 is 17.6 Å². The van der Waals surface area contributed by atoms with Gasteiger partial charge in [-0.3, -0.25) is 4.79 Å². The van der Waals surface area contributed by atoms with Crippen LogP contribution in [0, 0.1) is 0 Å². The summed E-state index contributed by atoms with van der Waals surface area (Å²) >= 11 is 0. The Morgan fingerprint density at radius 3 is 2.26 bits per heavy atom. The maximum Gasteiger partial charge on any atom is 0.416 e. The van der Waals surface area contributed by atoms with E-state index in [1.165, 1.54) is 44.8 Å². The van der Waals surface area contributed by atoms with Crippen LogP contribution in [0.2, 0.25) is 0 Å². The van der Waals surface area contributed by atoms with E-state index >= 15 is 0 Å². The molecule has 2 aromatic carbocycles. The first-order valence-corrected chi connectivity index (χ1v) is 8.87. The molecule has 0 atom stereocenters. The van der Waals surface area contributed by atoms with E-state index in [2.05, 4.69) is 20.5 Å². The molecule has 7 nitrogen and oxygen atoms in total. The summed E-state index contributed by atoms with van der Waals surface area (Å²) in [6.45, 7) is 0. The van der Waals surface area contributed by atoms with Gasteiger partial charge in [-0.25, -0.2) is 15.4 Å². The number of nitrogens with zero attached hydrogens (tertiary/aromatic N) is 3. The van der Waals surface area contributed by atoms with Crippen molar-refractivity contribution < 1.29 is 27.4 Å². The van der Waals surface area contributed by atoms with Crippen molar-refractivity contribution in [2.24, 2.45) is 5.10 Å². The predicted octanol–water partition coefficient (Wildman–Crippen LogP) is 3.94. The number of rotatable bonds is 6. The second kappa shape index (κ2) is 9.24. The molecular formula is C21H17F3N4O3. The van der Waals surface area contributed by atoms with Gasteiger partial charge in [0, 0.05) is 23.4 Å². The van der Waals surface area contributed by atoms with Gasteiger partial charge in [0.2, 0.25) is 0 Å². The number of hydrogen-bond acceptors (Lipinski definition) is 6. The number of benzene rings is 2. The van der Waals surface area contributed by atoms with E-state index in [1.54, 1.807) is 18.2 Å². The predicted molar refractivity (Wildman–Crippen MR) is 107 cm³/mol. The van der Waals surface area contributed by atoms with Crippen molar-refractivity contribution >= 4 is 12.1 Å². The first kappa shape index (κ1) is 21.8. The highest BCUT2D eigenvalue weighted by Crippen LogP contribution is 2.30. The van der Waals surface area contributed by atoms with E-state index in [0.29, 0.717) is 22.6 Å². The fourth-order valence-electron chi connectivity index (χ4n) is 2.56. The molecule has 1 N–H and O–H groups in total. The van der Waals surface area contributed by atoms with Crippen LogP contribution in [-0.4, -0.2) is 36.3 Å². The second-order valence-corrected chi connectivity index (χ2v) is 6.19. The maximum atomic E-state index is 12.7. The van der Waals surface area contributed by atoms with Crippen LogP contribution in [0.1, 0.15) is 21.6 Å². The number of hydrogen-bond donors (Lipinski definition) is 1. The lowest BCUT2D eigenvalue weighted by molar-refractivity contribution is -0.137. The molecule has 0 saturated heterocycles. The third kappa shape index (κ3) is 5.56. The molecule has 3 rings (SSSR count). The molecule has 0 unspecified atom stereocenters. The first-order valence-electron chi connectivity index (χ1n) is 8.87. The molecule has 1 heterocycles. The molecule has 0 aliphatic heterocycles. The Bertz CT molecular complexity index is 1080. The summed E-state index contributed by atoms with van der Waals surface area (Å²) < 4.78 is 48.5. The number of amides is 1. The normalized spacial score (nSPS) is 11.4. The van der Waals surface area contributed by atoms with Gasteiger partial charge >= 0.3 is 6.18 Å². The van der Waals surface area contributed by atoms with Gasteiger partial charge in [0.25, 0.3) is 5.91 Å². The van der Waals surface area contributed by atoms with Crippen molar-refractivity contribution in [2.45, 2.75) is 6.18 Å². The lowest BCUT2D eigenvalue weighted by Crippen LogP contribution is -2.19. The molecule has 160 valence electrons. The largest absolute Gasteiger partial charge is 0.497 e.